The van der Waals surface area contributed by atoms with E-state index >= 15 is 0 Å². The fraction of sp³-hybridized carbons (Fsp3) is 0.484. The summed E-state index contributed by atoms with van der Waals surface area (Å²) in [7, 11) is 0. The highest BCUT2D eigenvalue weighted by atomic mass is 16.2. The van der Waals surface area contributed by atoms with Crippen molar-refractivity contribution in [2.75, 3.05) is 13.1 Å². The zero-order valence-electron chi connectivity index (χ0n) is 22.9. The van der Waals surface area contributed by atoms with E-state index in [4.69, 9.17) is 0 Å². The van der Waals surface area contributed by atoms with Gasteiger partial charge in [0.15, 0.2) is 0 Å². The molecule has 214 valence electrons. The molecule has 2 saturated carbocycles. The zero-order chi connectivity index (χ0) is 28.6. The molecule has 10 nitrogen and oxygen atoms in total. The molecule has 2 aliphatic heterocycles. The number of aromatic nitrogens is 1. The Morgan fingerprint density at radius 3 is 2.46 bits per heavy atom. The van der Waals surface area contributed by atoms with Crippen molar-refractivity contribution in [3.63, 3.8) is 0 Å². The van der Waals surface area contributed by atoms with Crippen molar-refractivity contribution in [2.45, 2.75) is 69.5 Å². The van der Waals surface area contributed by atoms with Gasteiger partial charge in [-0.1, -0.05) is 36.4 Å². The van der Waals surface area contributed by atoms with Crippen LogP contribution in [0.4, 0.5) is 0 Å². The molecule has 1 aromatic carbocycles. The predicted molar refractivity (Wildman–Crippen MR) is 149 cm³/mol. The Labute approximate surface area is 238 Å². The summed E-state index contributed by atoms with van der Waals surface area (Å²) < 4.78 is 0. The summed E-state index contributed by atoms with van der Waals surface area (Å²) in [6, 6.07) is 12.9. The van der Waals surface area contributed by atoms with Crippen LogP contribution in [-0.4, -0.2) is 70.5 Å². The molecule has 1 spiro atoms. The van der Waals surface area contributed by atoms with E-state index in [-0.39, 0.29) is 35.4 Å². The summed E-state index contributed by atoms with van der Waals surface area (Å²) in [5.74, 6) is -2.97. The number of benzene rings is 1. The molecule has 6 rings (SSSR count). The number of likely N-dealkylation sites (tertiary alicyclic amines) is 1. The van der Waals surface area contributed by atoms with Crippen LogP contribution < -0.4 is 16.0 Å². The van der Waals surface area contributed by atoms with Gasteiger partial charge in [-0.05, 0) is 68.9 Å². The Kier molecular flexibility index (Phi) is 7.32. The first-order chi connectivity index (χ1) is 19.8. The zero-order valence-corrected chi connectivity index (χ0v) is 22.9. The van der Waals surface area contributed by atoms with Gasteiger partial charge in [0.05, 0.1) is 11.7 Å². The van der Waals surface area contributed by atoms with E-state index in [0.29, 0.717) is 31.6 Å². The fourth-order valence-electron chi connectivity index (χ4n) is 6.01. The lowest BCUT2D eigenvalue weighted by Gasteiger charge is -2.39. The highest BCUT2D eigenvalue weighted by Gasteiger charge is 2.51. The molecule has 0 radical (unpaired) electrons. The van der Waals surface area contributed by atoms with Gasteiger partial charge in [-0.15, -0.1) is 0 Å². The SMILES string of the molecule is O=C(NC1CC1)C(=O)[C@H](C[C@@H]1CCNC1=O)NC(=O)[C@@H]1CC2(CCN1C(=O)c1cccc(-c3ccccc3)n1)CC2. The largest absolute Gasteiger partial charge is 0.356 e. The van der Waals surface area contributed by atoms with E-state index in [1.807, 2.05) is 36.4 Å². The summed E-state index contributed by atoms with van der Waals surface area (Å²) in [5, 5.41) is 8.26. The van der Waals surface area contributed by atoms with E-state index < -0.39 is 35.6 Å². The first kappa shape index (κ1) is 27.1. The van der Waals surface area contributed by atoms with Gasteiger partial charge in [-0.2, -0.15) is 0 Å². The van der Waals surface area contributed by atoms with Gasteiger partial charge in [-0.25, -0.2) is 4.98 Å². The van der Waals surface area contributed by atoms with E-state index in [9.17, 15) is 24.0 Å². The van der Waals surface area contributed by atoms with Crippen LogP contribution >= 0.6 is 0 Å². The number of ketones is 1. The molecule has 4 amide bonds. The van der Waals surface area contributed by atoms with Crippen LogP contribution in [0.5, 0.6) is 0 Å². The minimum atomic E-state index is -1.15. The van der Waals surface area contributed by atoms with E-state index in [2.05, 4.69) is 20.9 Å². The van der Waals surface area contributed by atoms with Gasteiger partial charge >= 0.3 is 0 Å². The number of carbonyl (C=O) groups is 5. The van der Waals surface area contributed by atoms with Gasteiger partial charge in [-0.3, -0.25) is 24.0 Å². The molecular weight excluding hydrogens is 522 g/mol. The Morgan fingerprint density at radius 1 is 1.00 bits per heavy atom. The maximum atomic E-state index is 13.9. The molecule has 2 aliphatic carbocycles. The van der Waals surface area contributed by atoms with Crippen LogP contribution in [-0.2, 0) is 19.2 Å². The number of pyridine rings is 1. The van der Waals surface area contributed by atoms with E-state index in [0.717, 1.165) is 37.7 Å². The van der Waals surface area contributed by atoms with Gasteiger partial charge < -0.3 is 20.9 Å². The van der Waals surface area contributed by atoms with Crippen molar-refractivity contribution >= 4 is 29.4 Å². The molecule has 0 bridgehead atoms. The minimum absolute atomic E-state index is 0.0158. The number of hydrogen-bond acceptors (Lipinski definition) is 6. The molecule has 3 atom stereocenters. The number of Topliss-reactive ketones (excluding diaryl/α,β-unsaturated/α-hetero) is 1. The first-order valence-electron chi connectivity index (χ1n) is 14.6. The predicted octanol–water partition coefficient (Wildman–Crippen LogP) is 1.99. The van der Waals surface area contributed by atoms with Crippen molar-refractivity contribution in [1.29, 1.82) is 0 Å². The summed E-state index contributed by atoms with van der Waals surface area (Å²) in [4.78, 5) is 72.0. The smallest absolute Gasteiger partial charge is 0.289 e. The van der Waals surface area contributed by atoms with Crippen molar-refractivity contribution in [3.05, 3.63) is 54.2 Å². The van der Waals surface area contributed by atoms with Gasteiger partial charge in [0, 0.05) is 30.6 Å². The van der Waals surface area contributed by atoms with E-state index in [1.165, 1.54) is 0 Å². The Balaban J connectivity index is 1.23. The lowest BCUT2D eigenvalue weighted by molar-refractivity contribution is -0.141. The van der Waals surface area contributed by atoms with Gasteiger partial charge in [0.2, 0.25) is 17.6 Å². The molecule has 3 N–H and O–H groups in total. The standard InChI is InChI=1S/C31H35N5O5/c37-26(29(40)33-21-9-10-21)24(17-20-11-15-32-27(20)38)35-28(39)25-18-31(12-13-31)14-16-36(25)30(41)23-8-4-7-22(34-23)19-5-2-1-3-6-19/h1-8,20-21,24-25H,9-18H2,(H,32,38)(H,33,40)(H,35,39)/t20-,24-,25-/m0/s1. The lowest BCUT2D eigenvalue weighted by atomic mass is 9.86. The quantitative estimate of drug-likeness (QED) is 0.403. The van der Waals surface area contributed by atoms with Crippen molar-refractivity contribution in [1.82, 2.24) is 25.8 Å². The van der Waals surface area contributed by atoms with Crippen molar-refractivity contribution < 1.29 is 24.0 Å². The average Bonchev–Trinajstić information content (AvgIpc) is 3.93. The van der Waals surface area contributed by atoms with Crippen LogP contribution in [0.2, 0.25) is 0 Å². The number of nitrogens with one attached hydrogen (secondary N) is 3. The van der Waals surface area contributed by atoms with E-state index in [1.54, 1.807) is 17.0 Å². The first-order valence-corrected chi connectivity index (χ1v) is 14.6. The molecule has 0 unspecified atom stereocenters. The average molecular weight is 558 g/mol. The molecule has 2 saturated heterocycles. The molecule has 41 heavy (non-hydrogen) atoms. The molecule has 4 fully saturated rings. The minimum Gasteiger partial charge on any atom is -0.356 e. The molecule has 10 heteroatoms. The monoisotopic (exact) mass is 557 g/mol. The Hall–Kier alpha value is -4.08. The van der Waals surface area contributed by atoms with Crippen molar-refractivity contribution in [3.8, 4) is 11.3 Å². The Bertz CT molecular complexity index is 1370. The number of amides is 4. The van der Waals surface area contributed by atoms with Gasteiger partial charge in [0.25, 0.3) is 11.8 Å². The number of carbonyl (C=O) groups excluding carboxylic acids is 5. The maximum Gasteiger partial charge on any atom is 0.289 e. The number of rotatable bonds is 9. The maximum absolute atomic E-state index is 13.9. The fourth-order valence-corrected chi connectivity index (χ4v) is 6.01. The third-order valence-electron chi connectivity index (χ3n) is 8.90. The molecule has 3 heterocycles. The van der Waals surface area contributed by atoms with Crippen LogP contribution in [0.3, 0.4) is 0 Å². The summed E-state index contributed by atoms with van der Waals surface area (Å²) >= 11 is 0. The highest BCUT2D eigenvalue weighted by Crippen LogP contribution is 2.55. The van der Waals surface area contributed by atoms with Crippen molar-refractivity contribution in [2.24, 2.45) is 11.3 Å². The molecule has 4 aliphatic rings. The van der Waals surface area contributed by atoms with Crippen LogP contribution in [0.1, 0.15) is 61.9 Å². The van der Waals surface area contributed by atoms with Crippen LogP contribution in [0.25, 0.3) is 11.3 Å². The summed E-state index contributed by atoms with van der Waals surface area (Å²) in [6.07, 6.45) is 5.50. The number of piperidine rings is 1. The third-order valence-corrected chi connectivity index (χ3v) is 8.90. The summed E-state index contributed by atoms with van der Waals surface area (Å²) in [5.41, 5.74) is 1.81. The van der Waals surface area contributed by atoms with Gasteiger partial charge in [0.1, 0.15) is 11.7 Å². The second kappa shape index (κ2) is 11.1. The lowest BCUT2D eigenvalue weighted by Crippen LogP contribution is -2.58. The number of nitrogens with zero attached hydrogens (tertiary/aromatic N) is 2. The number of hydrogen-bond donors (Lipinski definition) is 3. The Morgan fingerprint density at radius 2 is 1.78 bits per heavy atom. The molecule has 2 aromatic rings. The molecule has 1 aromatic heterocycles. The highest BCUT2D eigenvalue weighted by molar-refractivity contribution is 6.38. The second-order valence-electron chi connectivity index (χ2n) is 11.9. The topological polar surface area (TPSA) is 138 Å². The second-order valence-corrected chi connectivity index (χ2v) is 11.9. The summed E-state index contributed by atoms with van der Waals surface area (Å²) in [6.45, 7) is 0.898. The van der Waals surface area contributed by atoms with Crippen LogP contribution in [0, 0.1) is 11.3 Å². The third kappa shape index (κ3) is 6.01. The van der Waals surface area contributed by atoms with Crippen LogP contribution in [0.15, 0.2) is 48.5 Å². The molecular formula is C31H35N5O5. The normalized spacial score (nSPS) is 23.4.